The molecule has 0 unspecified atom stereocenters. The van der Waals surface area contributed by atoms with Gasteiger partial charge in [0.2, 0.25) is 5.78 Å². The minimum Gasteiger partial charge on any atom is -0.319 e. The van der Waals surface area contributed by atoms with E-state index in [4.69, 9.17) is 0 Å². The number of fused-ring (bicyclic) bond motifs is 1. The molecule has 0 saturated carbocycles. The van der Waals surface area contributed by atoms with Gasteiger partial charge < -0.3 is 5.32 Å². The van der Waals surface area contributed by atoms with Crippen molar-refractivity contribution in [1.29, 1.82) is 0 Å². The summed E-state index contributed by atoms with van der Waals surface area (Å²) in [7, 11) is 0. The van der Waals surface area contributed by atoms with Crippen LogP contribution in [0.25, 0.3) is 10.9 Å². The fourth-order valence-corrected chi connectivity index (χ4v) is 1.29. The van der Waals surface area contributed by atoms with Crippen LogP contribution >= 0.6 is 0 Å². The van der Waals surface area contributed by atoms with Crippen LogP contribution in [-0.4, -0.2) is 21.9 Å². The zero-order valence-corrected chi connectivity index (χ0v) is 8.07. The number of hydrogen-bond donors (Lipinski definition) is 2. The molecule has 0 bridgehead atoms. The lowest BCUT2D eigenvalue weighted by molar-refractivity contribution is -0.133. The highest BCUT2D eigenvalue weighted by atomic mass is 16.2. The number of nitrogens with one attached hydrogen (secondary N) is 2. The van der Waals surface area contributed by atoms with Gasteiger partial charge >= 0.3 is 0 Å². The third-order valence-electron chi connectivity index (χ3n) is 2.05. The monoisotopic (exact) mass is 203 g/mol. The molecule has 2 rings (SSSR count). The second-order valence-corrected chi connectivity index (χ2v) is 3.15. The first kappa shape index (κ1) is 9.39. The smallest absolute Gasteiger partial charge is 0.291 e. The SMILES string of the molecule is CC(=O)C(=O)Nc1cccc2[nH]ncc12. The Morgan fingerprint density at radius 2 is 2.20 bits per heavy atom. The molecule has 1 heterocycles. The molecule has 2 N–H and O–H groups in total. The van der Waals surface area contributed by atoms with Gasteiger partial charge in [0.05, 0.1) is 17.4 Å². The Balaban J connectivity index is 2.39. The van der Waals surface area contributed by atoms with Crippen molar-refractivity contribution in [2.45, 2.75) is 6.92 Å². The normalized spacial score (nSPS) is 10.2. The van der Waals surface area contributed by atoms with Gasteiger partial charge in [-0.05, 0) is 12.1 Å². The second kappa shape index (κ2) is 3.53. The Hall–Kier alpha value is -2.17. The van der Waals surface area contributed by atoms with Gasteiger partial charge in [-0.1, -0.05) is 6.07 Å². The number of aromatic amines is 1. The van der Waals surface area contributed by atoms with Crippen molar-refractivity contribution in [2.24, 2.45) is 0 Å². The Morgan fingerprint density at radius 3 is 2.93 bits per heavy atom. The number of nitrogens with zero attached hydrogens (tertiary/aromatic N) is 1. The van der Waals surface area contributed by atoms with E-state index in [0.717, 1.165) is 10.9 Å². The third kappa shape index (κ3) is 1.71. The number of H-pyrrole nitrogens is 1. The van der Waals surface area contributed by atoms with Gasteiger partial charge in [0, 0.05) is 12.3 Å². The summed E-state index contributed by atoms with van der Waals surface area (Å²) in [5.74, 6) is -1.14. The van der Waals surface area contributed by atoms with Crippen LogP contribution in [0.5, 0.6) is 0 Å². The lowest BCUT2D eigenvalue weighted by Crippen LogP contribution is -2.19. The van der Waals surface area contributed by atoms with E-state index in [9.17, 15) is 9.59 Å². The summed E-state index contributed by atoms with van der Waals surface area (Å²) in [6, 6.07) is 5.33. The number of ketones is 1. The minimum absolute atomic E-state index is 0.518. The largest absolute Gasteiger partial charge is 0.319 e. The molecule has 15 heavy (non-hydrogen) atoms. The molecule has 0 spiro atoms. The maximum Gasteiger partial charge on any atom is 0.291 e. The summed E-state index contributed by atoms with van der Waals surface area (Å²) in [6.45, 7) is 1.23. The fourth-order valence-electron chi connectivity index (χ4n) is 1.29. The third-order valence-corrected chi connectivity index (χ3v) is 2.05. The highest BCUT2D eigenvalue weighted by Crippen LogP contribution is 2.20. The fraction of sp³-hybridized carbons (Fsp3) is 0.100. The molecule has 0 aliphatic heterocycles. The van der Waals surface area contributed by atoms with E-state index < -0.39 is 11.7 Å². The highest BCUT2D eigenvalue weighted by Gasteiger charge is 2.09. The maximum atomic E-state index is 11.2. The first-order chi connectivity index (χ1) is 7.18. The van der Waals surface area contributed by atoms with Crippen LogP contribution in [0.4, 0.5) is 5.69 Å². The molecule has 5 heteroatoms. The van der Waals surface area contributed by atoms with Crippen molar-refractivity contribution >= 4 is 28.3 Å². The molecule has 0 aliphatic rings. The van der Waals surface area contributed by atoms with Gasteiger partial charge in [-0.3, -0.25) is 14.7 Å². The van der Waals surface area contributed by atoms with Crippen LogP contribution in [0.3, 0.4) is 0 Å². The number of hydrogen-bond acceptors (Lipinski definition) is 3. The number of carbonyl (C=O) groups excluding carboxylic acids is 2. The Labute approximate surface area is 85.5 Å². The van der Waals surface area contributed by atoms with Crippen molar-refractivity contribution in [3.8, 4) is 0 Å². The van der Waals surface area contributed by atoms with Gasteiger partial charge in [0.1, 0.15) is 0 Å². The van der Waals surface area contributed by atoms with E-state index in [-0.39, 0.29) is 0 Å². The molecule has 1 amide bonds. The van der Waals surface area contributed by atoms with Gasteiger partial charge in [-0.15, -0.1) is 0 Å². The zero-order chi connectivity index (χ0) is 10.8. The van der Waals surface area contributed by atoms with Gasteiger partial charge in [-0.2, -0.15) is 5.10 Å². The standard InChI is InChI=1S/C10H9N3O2/c1-6(14)10(15)12-8-3-2-4-9-7(8)5-11-13-9/h2-5H,1H3,(H,11,13)(H,12,15). The van der Waals surface area contributed by atoms with Crippen LogP contribution in [0.1, 0.15) is 6.92 Å². The highest BCUT2D eigenvalue weighted by molar-refractivity contribution is 6.40. The molecule has 1 aromatic carbocycles. The van der Waals surface area contributed by atoms with E-state index in [1.54, 1.807) is 18.3 Å². The predicted molar refractivity (Wildman–Crippen MR) is 55.4 cm³/mol. The van der Waals surface area contributed by atoms with Crippen molar-refractivity contribution in [3.05, 3.63) is 24.4 Å². The van der Waals surface area contributed by atoms with Crippen molar-refractivity contribution < 1.29 is 9.59 Å². The number of aromatic nitrogens is 2. The van der Waals surface area contributed by atoms with E-state index in [2.05, 4.69) is 15.5 Å². The summed E-state index contributed by atoms with van der Waals surface area (Å²) >= 11 is 0. The van der Waals surface area contributed by atoms with E-state index in [1.807, 2.05) is 6.07 Å². The average molecular weight is 203 g/mol. The first-order valence-corrected chi connectivity index (χ1v) is 4.42. The Morgan fingerprint density at radius 1 is 1.40 bits per heavy atom. The Kier molecular flexibility index (Phi) is 2.21. The molecule has 0 fully saturated rings. The molecule has 0 aliphatic carbocycles. The minimum atomic E-state index is -0.622. The number of carbonyl (C=O) groups is 2. The lowest BCUT2D eigenvalue weighted by atomic mass is 10.2. The molecule has 5 nitrogen and oxygen atoms in total. The zero-order valence-electron chi connectivity index (χ0n) is 8.07. The Bertz CT molecular complexity index is 530. The second-order valence-electron chi connectivity index (χ2n) is 3.15. The van der Waals surface area contributed by atoms with Crippen LogP contribution < -0.4 is 5.32 Å². The molecular weight excluding hydrogens is 194 g/mol. The summed E-state index contributed by atoms with van der Waals surface area (Å²) in [4.78, 5) is 22.0. The van der Waals surface area contributed by atoms with Crippen LogP contribution in [0, 0.1) is 0 Å². The summed E-state index contributed by atoms with van der Waals surface area (Å²) < 4.78 is 0. The number of anilines is 1. The van der Waals surface area contributed by atoms with Gasteiger partial charge in [-0.25, -0.2) is 0 Å². The molecule has 1 aromatic heterocycles. The topological polar surface area (TPSA) is 74.8 Å². The van der Waals surface area contributed by atoms with Crippen LogP contribution in [0.2, 0.25) is 0 Å². The number of amides is 1. The summed E-state index contributed by atoms with van der Waals surface area (Å²) in [6.07, 6.45) is 1.60. The van der Waals surface area contributed by atoms with Crippen LogP contribution in [0.15, 0.2) is 24.4 Å². The van der Waals surface area contributed by atoms with Crippen molar-refractivity contribution in [3.63, 3.8) is 0 Å². The number of rotatable bonds is 2. The van der Waals surface area contributed by atoms with E-state index in [1.165, 1.54) is 6.92 Å². The molecular formula is C10H9N3O2. The molecule has 76 valence electrons. The van der Waals surface area contributed by atoms with Crippen LogP contribution in [-0.2, 0) is 9.59 Å². The van der Waals surface area contributed by atoms with Gasteiger partial charge in [0.15, 0.2) is 0 Å². The van der Waals surface area contributed by atoms with E-state index >= 15 is 0 Å². The number of Topliss-reactive ketones (excluding diaryl/α,β-unsaturated/α-hetero) is 1. The predicted octanol–water partition coefficient (Wildman–Crippen LogP) is 1.09. The summed E-state index contributed by atoms with van der Waals surface area (Å²) in [5.41, 5.74) is 1.40. The molecule has 0 radical (unpaired) electrons. The quantitative estimate of drug-likeness (QED) is 0.717. The first-order valence-electron chi connectivity index (χ1n) is 4.42. The molecule has 2 aromatic rings. The average Bonchev–Trinajstić information content (AvgIpc) is 2.66. The lowest BCUT2D eigenvalue weighted by Gasteiger charge is -2.03. The van der Waals surface area contributed by atoms with E-state index in [0.29, 0.717) is 5.69 Å². The number of benzene rings is 1. The molecule has 0 saturated heterocycles. The summed E-state index contributed by atoms with van der Waals surface area (Å²) in [5, 5.41) is 9.94. The maximum absolute atomic E-state index is 11.2. The van der Waals surface area contributed by atoms with Crippen molar-refractivity contribution in [2.75, 3.05) is 5.32 Å². The van der Waals surface area contributed by atoms with Crippen molar-refractivity contribution in [1.82, 2.24) is 10.2 Å². The van der Waals surface area contributed by atoms with Gasteiger partial charge in [0.25, 0.3) is 5.91 Å². The molecule has 0 atom stereocenters.